The molecule has 4 rings (SSSR count). The average molecular weight is 449 g/mol. The highest BCUT2D eigenvalue weighted by atomic mass is 32.1. The number of pyridine rings is 1. The quantitative estimate of drug-likeness (QED) is 0.348. The van der Waals surface area contributed by atoms with E-state index in [4.69, 9.17) is 0 Å². The molecular weight excluding hydrogens is 419 g/mol. The van der Waals surface area contributed by atoms with Gasteiger partial charge in [-0.15, -0.1) is 11.3 Å². The Morgan fingerprint density at radius 1 is 0.938 bits per heavy atom. The molecule has 0 aliphatic carbocycles. The van der Waals surface area contributed by atoms with Crippen molar-refractivity contribution in [3.05, 3.63) is 65.0 Å². The van der Waals surface area contributed by atoms with Crippen molar-refractivity contribution in [3.63, 3.8) is 0 Å². The first-order valence-corrected chi connectivity index (χ1v) is 11.6. The second-order valence-electron chi connectivity index (χ2n) is 10.5. The zero-order chi connectivity index (χ0) is 23.3. The van der Waals surface area contributed by atoms with E-state index in [0.29, 0.717) is 27.9 Å². The summed E-state index contributed by atoms with van der Waals surface area (Å²) in [6, 6.07) is 12.8. The van der Waals surface area contributed by atoms with Crippen LogP contribution in [0.1, 0.15) is 52.1 Å². The molecule has 0 saturated heterocycles. The number of phenolic OH excluding ortho intramolecular Hbond substituents is 1. The Kier molecular flexibility index (Phi) is 5.58. The molecule has 0 aliphatic rings. The molecule has 5 heteroatoms. The van der Waals surface area contributed by atoms with Crippen molar-refractivity contribution in [3.8, 4) is 28.1 Å². The normalized spacial score (nSPS) is 12.5. The molecule has 2 heterocycles. The van der Waals surface area contributed by atoms with Gasteiger partial charge in [0.15, 0.2) is 5.75 Å². The van der Waals surface area contributed by atoms with Gasteiger partial charge in [-0.2, -0.15) is 0 Å². The highest BCUT2D eigenvalue weighted by Crippen LogP contribution is 2.42. The highest BCUT2D eigenvalue weighted by Gasteiger charge is 2.23. The number of halogens is 1. The number of rotatable bonds is 3. The Hall–Kier alpha value is -2.79. The first-order valence-electron chi connectivity index (χ1n) is 10.8. The predicted molar refractivity (Wildman–Crippen MR) is 132 cm³/mol. The Labute approximate surface area is 193 Å². The second-order valence-corrected chi connectivity index (χ2v) is 11.6. The van der Waals surface area contributed by atoms with Crippen LogP contribution < -0.4 is 0 Å². The maximum atomic E-state index is 15.7. The van der Waals surface area contributed by atoms with Gasteiger partial charge in [0.1, 0.15) is 11.3 Å². The lowest BCUT2D eigenvalue weighted by molar-refractivity contribution is 0.411. The number of phenols is 1. The molecule has 1 N–H and O–H groups in total. The van der Waals surface area contributed by atoms with Gasteiger partial charge in [-0.1, -0.05) is 53.7 Å². The molecule has 166 valence electrons. The second kappa shape index (κ2) is 7.96. The minimum atomic E-state index is -0.395. The summed E-state index contributed by atoms with van der Waals surface area (Å²) >= 11 is 1.56. The number of hydrogen-bond donors (Lipinski definition) is 1. The minimum Gasteiger partial charge on any atom is -0.505 e. The summed E-state index contributed by atoms with van der Waals surface area (Å²) in [5, 5.41) is 11.9. The average Bonchev–Trinajstić information content (AvgIpc) is 3.14. The molecule has 0 unspecified atom stereocenters. The van der Waals surface area contributed by atoms with E-state index in [-0.39, 0.29) is 16.6 Å². The Morgan fingerprint density at radius 2 is 1.66 bits per heavy atom. The van der Waals surface area contributed by atoms with E-state index < -0.39 is 5.82 Å². The molecule has 0 spiro atoms. The van der Waals surface area contributed by atoms with Crippen LogP contribution >= 0.6 is 11.3 Å². The van der Waals surface area contributed by atoms with Gasteiger partial charge in [-0.25, -0.2) is 9.37 Å². The first kappa shape index (κ1) is 22.4. The summed E-state index contributed by atoms with van der Waals surface area (Å²) in [5.41, 5.74) is 3.44. The Bertz CT molecular complexity index is 1300. The monoisotopic (exact) mass is 448 g/mol. The fraction of sp³-hybridized carbons (Fsp3) is 0.333. The Morgan fingerprint density at radius 3 is 2.34 bits per heavy atom. The summed E-state index contributed by atoms with van der Waals surface area (Å²) in [4.78, 5) is 9.08. The van der Waals surface area contributed by atoms with E-state index in [1.54, 1.807) is 41.8 Å². The predicted octanol–water partition coefficient (Wildman–Crippen LogP) is 7.76. The van der Waals surface area contributed by atoms with Crippen LogP contribution in [-0.4, -0.2) is 15.1 Å². The molecule has 32 heavy (non-hydrogen) atoms. The standard InChI is InChI=1S/C27H29FN2OS/c1-26(2,3)15-16-12-13-29-20(14-16)19-9-7-8-17(22(19)28)18-10-11-21-23(24(18)31)30-25(32-21)27(4,5)6/h7-14,31H,15H2,1-6H3. The molecule has 0 radical (unpaired) electrons. The smallest absolute Gasteiger partial charge is 0.150 e. The van der Waals surface area contributed by atoms with E-state index in [1.807, 2.05) is 18.2 Å². The zero-order valence-electron chi connectivity index (χ0n) is 19.5. The molecule has 4 aromatic rings. The largest absolute Gasteiger partial charge is 0.505 e. The summed E-state index contributed by atoms with van der Waals surface area (Å²) < 4.78 is 16.6. The van der Waals surface area contributed by atoms with Crippen LogP contribution in [0.5, 0.6) is 5.75 Å². The van der Waals surface area contributed by atoms with E-state index in [9.17, 15) is 5.11 Å². The van der Waals surface area contributed by atoms with Crippen molar-refractivity contribution in [1.82, 2.24) is 9.97 Å². The van der Waals surface area contributed by atoms with Gasteiger partial charge in [0.2, 0.25) is 0 Å². The lowest BCUT2D eigenvalue weighted by atomic mass is 9.88. The number of thiazole rings is 1. The molecule has 0 fully saturated rings. The van der Waals surface area contributed by atoms with Crippen LogP contribution in [0, 0.1) is 11.2 Å². The minimum absolute atomic E-state index is 0.0137. The molecule has 0 amide bonds. The summed E-state index contributed by atoms with van der Waals surface area (Å²) in [7, 11) is 0. The lowest BCUT2D eigenvalue weighted by Gasteiger charge is -2.18. The molecule has 0 aliphatic heterocycles. The SMILES string of the molecule is CC(C)(C)Cc1ccnc(-c2cccc(-c3ccc4sc(C(C)(C)C)nc4c3O)c2F)c1. The van der Waals surface area contributed by atoms with Crippen molar-refractivity contribution in [1.29, 1.82) is 0 Å². The lowest BCUT2D eigenvalue weighted by Crippen LogP contribution is -2.09. The van der Waals surface area contributed by atoms with Gasteiger partial charge in [0.25, 0.3) is 0 Å². The number of aromatic nitrogens is 2. The molecule has 0 atom stereocenters. The van der Waals surface area contributed by atoms with Crippen LogP contribution in [0.15, 0.2) is 48.7 Å². The number of aromatic hydroxyl groups is 1. The molecular formula is C27H29FN2OS. The van der Waals surface area contributed by atoms with Crippen LogP contribution in [0.25, 0.3) is 32.6 Å². The topological polar surface area (TPSA) is 46.0 Å². The van der Waals surface area contributed by atoms with Gasteiger partial charge in [-0.3, -0.25) is 4.98 Å². The van der Waals surface area contributed by atoms with Crippen molar-refractivity contribution in [2.24, 2.45) is 5.41 Å². The number of nitrogens with zero attached hydrogens (tertiary/aromatic N) is 2. The number of benzene rings is 2. The van der Waals surface area contributed by atoms with Gasteiger partial charge in [0.05, 0.1) is 15.4 Å². The fourth-order valence-electron chi connectivity index (χ4n) is 3.80. The van der Waals surface area contributed by atoms with Gasteiger partial charge in [0, 0.05) is 28.3 Å². The van der Waals surface area contributed by atoms with Crippen LogP contribution in [0.2, 0.25) is 0 Å². The third kappa shape index (κ3) is 4.40. The first-order chi connectivity index (χ1) is 14.9. The zero-order valence-corrected chi connectivity index (χ0v) is 20.3. The van der Waals surface area contributed by atoms with Crippen LogP contribution in [0.3, 0.4) is 0 Å². The molecule has 0 bridgehead atoms. The van der Waals surface area contributed by atoms with Crippen molar-refractivity contribution in [2.75, 3.05) is 0 Å². The van der Waals surface area contributed by atoms with Crippen LogP contribution in [-0.2, 0) is 11.8 Å². The van der Waals surface area contributed by atoms with Crippen LogP contribution in [0.4, 0.5) is 4.39 Å². The maximum absolute atomic E-state index is 15.7. The molecule has 3 nitrogen and oxygen atoms in total. The summed E-state index contributed by atoms with van der Waals surface area (Å²) in [6.45, 7) is 12.8. The highest BCUT2D eigenvalue weighted by molar-refractivity contribution is 7.18. The van der Waals surface area contributed by atoms with Crippen molar-refractivity contribution in [2.45, 2.75) is 53.4 Å². The fourth-order valence-corrected chi connectivity index (χ4v) is 4.83. The van der Waals surface area contributed by atoms with E-state index >= 15 is 4.39 Å². The number of hydrogen-bond acceptors (Lipinski definition) is 4. The van der Waals surface area contributed by atoms with Gasteiger partial charge in [-0.05, 0) is 47.7 Å². The van der Waals surface area contributed by atoms with E-state index in [0.717, 1.165) is 21.7 Å². The van der Waals surface area contributed by atoms with E-state index in [1.165, 1.54) is 0 Å². The van der Waals surface area contributed by atoms with Gasteiger partial charge < -0.3 is 5.11 Å². The third-order valence-corrected chi connectivity index (χ3v) is 6.75. The third-order valence-electron chi connectivity index (χ3n) is 5.30. The van der Waals surface area contributed by atoms with E-state index in [2.05, 4.69) is 51.5 Å². The summed E-state index contributed by atoms with van der Waals surface area (Å²) in [5.74, 6) is -0.381. The van der Waals surface area contributed by atoms with Gasteiger partial charge >= 0.3 is 0 Å². The molecule has 2 aromatic heterocycles. The number of fused-ring (bicyclic) bond motifs is 1. The van der Waals surface area contributed by atoms with Crippen molar-refractivity contribution < 1.29 is 9.50 Å². The Balaban J connectivity index is 1.81. The molecule has 2 aromatic carbocycles. The summed E-state index contributed by atoms with van der Waals surface area (Å²) in [6.07, 6.45) is 2.61. The maximum Gasteiger partial charge on any atom is 0.150 e. The molecule has 0 saturated carbocycles. The van der Waals surface area contributed by atoms with Crippen molar-refractivity contribution >= 4 is 21.6 Å².